The number of anilines is 1. The van der Waals surface area contributed by atoms with Gasteiger partial charge in [0.05, 0.1) is 10.5 Å². The lowest BCUT2D eigenvalue weighted by atomic mass is 10.2. The van der Waals surface area contributed by atoms with Gasteiger partial charge in [0.2, 0.25) is 0 Å². The quantitative estimate of drug-likeness (QED) is 0.639. The second-order valence-electron chi connectivity index (χ2n) is 3.97. The van der Waals surface area contributed by atoms with Crippen LogP contribution in [0.25, 0.3) is 0 Å². The van der Waals surface area contributed by atoms with E-state index in [0.717, 1.165) is 0 Å². The first-order chi connectivity index (χ1) is 9.58. The van der Waals surface area contributed by atoms with Crippen molar-refractivity contribution in [3.63, 3.8) is 0 Å². The summed E-state index contributed by atoms with van der Waals surface area (Å²) in [5, 5.41) is 22.6. The van der Waals surface area contributed by atoms with E-state index in [4.69, 9.17) is 5.11 Å². The minimum Gasteiger partial charge on any atom is -0.478 e. The fourth-order valence-electron chi connectivity index (χ4n) is 1.68. The van der Waals surface area contributed by atoms with E-state index in [9.17, 15) is 14.9 Å². The van der Waals surface area contributed by atoms with Gasteiger partial charge in [-0.25, -0.2) is 9.78 Å². The zero-order chi connectivity index (χ0) is 14.5. The van der Waals surface area contributed by atoms with Crippen molar-refractivity contribution in [2.24, 2.45) is 0 Å². The molecule has 2 N–H and O–H groups in total. The molecule has 0 fully saturated rings. The maximum Gasteiger partial charge on any atom is 0.335 e. The summed E-state index contributed by atoms with van der Waals surface area (Å²) in [5.74, 6) is -0.704. The third-order valence-electron chi connectivity index (χ3n) is 2.66. The van der Waals surface area contributed by atoms with Crippen LogP contribution in [-0.2, 0) is 6.54 Å². The highest BCUT2D eigenvalue weighted by atomic mass is 16.6. The summed E-state index contributed by atoms with van der Waals surface area (Å²) in [6.07, 6.45) is 1.37. The van der Waals surface area contributed by atoms with Crippen LogP contribution in [0.2, 0.25) is 0 Å². The van der Waals surface area contributed by atoms with Gasteiger partial charge < -0.3 is 10.4 Å². The SMILES string of the molecule is O=C(O)c1ccnc(NCc2ccccc2[N+](=O)[O-])c1. The summed E-state index contributed by atoms with van der Waals surface area (Å²) in [6.45, 7) is 0.188. The average Bonchev–Trinajstić information content (AvgIpc) is 2.45. The van der Waals surface area contributed by atoms with E-state index < -0.39 is 10.9 Å². The Labute approximate surface area is 114 Å². The summed E-state index contributed by atoms with van der Waals surface area (Å²) < 4.78 is 0. The summed E-state index contributed by atoms with van der Waals surface area (Å²) in [6, 6.07) is 9.08. The number of carboxylic acid groups (broad SMARTS) is 1. The van der Waals surface area contributed by atoms with Gasteiger partial charge in [0.25, 0.3) is 5.69 Å². The minimum absolute atomic E-state index is 0.00869. The van der Waals surface area contributed by atoms with Crippen molar-refractivity contribution in [2.75, 3.05) is 5.32 Å². The first-order valence-corrected chi connectivity index (χ1v) is 5.73. The molecule has 0 bridgehead atoms. The smallest absolute Gasteiger partial charge is 0.335 e. The van der Waals surface area contributed by atoms with Gasteiger partial charge in [0.1, 0.15) is 5.82 Å². The van der Waals surface area contributed by atoms with Crippen LogP contribution in [-0.4, -0.2) is 21.0 Å². The van der Waals surface area contributed by atoms with Gasteiger partial charge in [-0.3, -0.25) is 10.1 Å². The van der Waals surface area contributed by atoms with Crippen molar-refractivity contribution in [2.45, 2.75) is 6.54 Å². The lowest BCUT2D eigenvalue weighted by molar-refractivity contribution is -0.385. The summed E-state index contributed by atoms with van der Waals surface area (Å²) in [7, 11) is 0. The number of rotatable bonds is 5. The molecule has 0 saturated carbocycles. The Kier molecular flexibility index (Phi) is 3.90. The van der Waals surface area contributed by atoms with Crippen LogP contribution in [0.5, 0.6) is 0 Å². The second kappa shape index (κ2) is 5.79. The maximum absolute atomic E-state index is 10.9. The van der Waals surface area contributed by atoms with Crippen LogP contribution in [0.4, 0.5) is 11.5 Å². The molecule has 102 valence electrons. The Morgan fingerprint density at radius 1 is 1.35 bits per heavy atom. The number of para-hydroxylation sites is 1. The molecule has 0 saturated heterocycles. The summed E-state index contributed by atoms with van der Waals surface area (Å²) in [5.41, 5.74) is 0.611. The van der Waals surface area contributed by atoms with Gasteiger partial charge in [0.15, 0.2) is 0 Å². The third-order valence-corrected chi connectivity index (χ3v) is 2.66. The van der Waals surface area contributed by atoms with Crippen molar-refractivity contribution in [3.05, 3.63) is 63.8 Å². The molecule has 0 aliphatic rings. The zero-order valence-electron chi connectivity index (χ0n) is 10.3. The number of hydrogen-bond donors (Lipinski definition) is 2. The zero-order valence-corrected chi connectivity index (χ0v) is 10.3. The van der Waals surface area contributed by atoms with E-state index in [-0.39, 0.29) is 17.8 Å². The fourth-order valence-corrected chi connectivity index (χ4v) is 1.68. The Balaban J connectivity index is 2.15. The van der Waals surface area contributed by atoms with Crippen molar-refractivity contribution in [3.8, 4) is 0 Å². The van der Waals surface area contributed by atoms with E-state index in [1.165, 1.54) is 24.4 Å². The molecule has 1 aromatic heterocycles. The van der Waals surface area contributed by atoms with E-state index in [1.807, 2.05) is 0 Å². The van der Waals surface area contributed by atoms with Crippen molar-refractivity contribution in [1.29, 1.82) is 0 Å². The van der Waals surface area contributed by atoms with Crippen molar-refractivity contribution >= 4 is 17.5 Å². The Hall–Kier alpha value is -2.96. The molecule has 0 spiro atoms. The minimum atomic E-state index is -1.05. The van der Waals surface area contributed by atoms with Crippen LogP contribution in [0.15, 0.2) is 42.6 Å². The molecular weight excluding hydrogens is 262 g/mol. The average molecular weight is 273 g/mol. The molecular formula is C13H11N3O4. The highest BCUT2D eigenvalue weighted by Crippen LogP contribution is 2.18. The van der Waals surface area contributed by atoms with Crippen LogP contribution in [0, 0.1) is 10.1 Å². The number of pyridine rings is 1. The fraction of sp³-hybridized carbons (Fsp3) is 0.0769. The molecule has 7 heteroatoms. The van der Waals surface area contributed by atoms with E-state index in [0.29, 0.717) is 11.4 Å². The van der Waals surface area contributed by atoms with E-state index in [2.05, 4.69) is 10.3 Å². The van der Waals surface area contributed by atoms with Crippen molar-refractivity contribution < 1.29 is 14.8 Å². The predicted octanol–water partition coefficient (Wildman–Crippen LogP) is 2.30. The number of aromatic carboxylic acids is 1. The number of carbonyl (C=O) groups is 1. The molecule has 20 heavy (non-hydrogen) atoms. The number of nitrogens with zero attached hydrogens (tertiary/aromatic N) is 2. The molecule has 0 amide bonds. The predicted molar refractivity (Wildman–Crippen MR) is 71.6 cm³/mol. The summed E-state index contributed by atoms with van der Waals surface area (Å²) in [4.78, 5) is 25.2. The molecule has 0 aliphatic carbocycles. The Bertz CT molecular complexity index is 658. The number of hydrogen-bond acceptors (Lipinski definition) is 5. The van der Waals surface area contributed by atoms with Gasteiger partial charge in [-0.15, -0.1) is 0 Å². The second-order valence-corrected chi connectivity index (χ2v) is 3.97. The molecule has 2 aromatic rings. The number of carboxylic acids is 1. The van der Waals surface area contributed by atoms with Gasteiger partial charge >= 0.3 is 5.97 Å². The van der Waals surface area contributed by atoms with Crippen LogP contribution < -0.4 is 5.32 Å². The maximum atomic E-state index is 10.9. The molecule has 1 heterocycles. The Morgan fingerprint density at radius 2 is 2.10 bits per heavy atom. The highest BCUT2D eigenvalue weighted by molar-refractivity contribution is 5.88. The van der Waals surface area contributed by atoms with Crippen LogP contribution in [0.3, 0.4) is 0 Å². The summed E-state index contributed by atoms with van der Waals surface area (Å²) >= 11 is 0. The first kappa shape index (κ1) is 13.5. The van der Waals surface area contributed by atoms with Crippen LogP contribution >= 0.6 is 0 Å². The highest BCUT2D eigenvalue weighted by Gasteiger charge is 2.12. The molecule has 1 aromatic carbocycles. The topological polar surface area (TPSA) is 105 Å². The Morgan fingerprint density at radius 3 is 2.80 bits per heavy atom. The number of nitrogens with one attached hydrogen (secondary N) is 1. The largest absolute Gasteiger partial charge is 0.478 e. The number of aromatic nitrogens is 1. The standard InChI is InChI=1S/C13H11N3O4/c17-13(18)9-5-6-14-12(7-9)15-8-10-3-1-2-4-11(10)16(19)20/h1-7H,8H2,(H,14,15)(H,17,18). The lowest BCUT2D eigenvalue weighted by Gasteiger charge is -2.06. The lowest BCUT2D eigenvalue weighted by Crippen LogP contribution is -2.05. The molecule has 0 aliphatic heterocycles. The van der Waals surface area contributed by atoms with Gasteiger partial charge in [-0.05, 0) is 12.1 Å². The van der Waals surface area contributed by atoms with Gasteiger partial charge in [0, 0.05) is 24.4 Å². The first-order valence-electron chi connectivity index (χ1n) is 5.73. The molecule has 2 rings (SSSR count). The van der Waals surface area contributed by atoms with Crippen molar-refractivity contribution in [1.82, 2.24) is 4.98 Å². The molecule has 0 atom stereocenters. The van der Waals surface area contributed by atoms with E-state index >= 15 is 0 Å². The number of nitro groups is 1. The monoisotopic (exact) mass is 273 g/mol. The van der Waals surface area contributed by atoms with Crippen LogP contribution in [0.1, 0.15) is 15.9 Å². The van der Waals surface area contributed by atoms with Gasteiger partial charge in [-0.2, -0.15) is 0 Å². The molecule has 0 unspecified atom stereocenters. The van der Waals surface area contributed by atoms with Gasteiger partial charge in [-0.1, -0.05) is 18.2 Å². The van der Waals surface area contributed by atoms with E-state index in [1.54, 1.807) is 18.2 Å². The normalized spacial score (nSPS) is 10.0. The number of nitro benzene ring substituents is 1. The molecule has 0 radical (unpaired) electrons. The number of benzene rings is 1. The third kappa shape index (κ3) is 3.08. The molecule has 7 nitrogen and oxygen atoms in total.